The molecular formula is C25H40O4. The van der Waals surface area contributed by atoms with Crippen LogP contribution < -0.4 is 4.74 Å². The van der Waals surface area contributed by atoms with Gasteiger partial charge in [-0.05, 0) is 76.8 Å². The van der Waals surface area contributed by atoms with Crippen molar-refractivity contribution in [3.05, 3.63) is 29.8 Å². The van der Waals surface area contributed by atoms with E-state index >= 15 is 0 Å². The number of carbonyl (C=O) groups is 2. The van der Waals surface area contributed by atoms with E-state index < -0.39 is 10.8 Å². The number of hydrogen-bond donors (Lipinski definition) is 0. The molecule has 0 aliphatic heterocycles. The molecule has 1 aromatic rings. The lowest BCUT2D eigenvalue weighted by Crippen LogP contribution is -2.30. The van der Waals surface area contributed by atoms with Gasteiger partial charge in [-0.15, -0.1) is 0 Å². The number of para-hydroxylation sites is 1. The molecule has 0 bridgehead atoms. The molecular weight excluding hydrogens is 364 g/mol. The van der Waals surface area contributed by atoms with E-state index in [-0.39, 0.29) is 17.4 Å². The van der Waals surface area contributed by atoms with Crippen LogP contribution in [0.15, 0.2) is 24.3 Å². The maximum atomic E-state index is 12.4. The van der Waals surface area contributed by atoms with Crippen LogP contribution in [0.5, 0.6) is 5.75 Å². The van der Waals surface area contributed by atoms with E-state index in [0.29, 0.717) is 18.3 Å². The second-order valence-corrected chi connectivity index (χ2v) is 11.0. The van der Waals surface area contributed by atoms with Crippen molar-refractivity contribution in [1.82, 2.24) is 0 Å². The van der Waals surface area contributed by atoms with Gasteiger partial charge in [0.2, 0.25) is 0 Å². The first-order chi connectivity index (χ1) is 13.1. The van der Waals surface area contributed by atoms with Crippen LogP contribution in [0, 0.1) is 22.2 Å². The number of carbonyl (C=O) groups excluding carboxylic acids is 2. The van der Waals surface area contributed by atoms with Crippen LogP contribution in [0.3, 0.4) is 0 Å². The highest BCUT2D eigenvalue weighted by Gasteiger charge is 2.33. The molecule has 0 amide bonds. The monoisotopic (exact) mass is 404 g/mol. The summed E-state index contributed by atoms with van der Waals surface area (Å²) < 4.78 is 11.1. The third-order valence-corrected chi connectivity index (χ3v) is 4.98. The Morgan fingerprint density at radius 3 is 2.03 bits per heavy atom. The molecule has 0 unspecified atom stereocenters. The van der Waals surface area contributed by atoms with E-state index in [4.69, 9.17) is 9.47 Å². The van der Waals surface area contributed by atoms with Crippen LogP contribution in [-0.4, -0.2) is 18.5 Å². The lowest BCUT2D eigenvalue weighted by molar-refractivity contribution is -0.155. The van der Waals surface area contributed by atoms with E-state index in [2.05, 4.69) is 13.8 Å². The highest BCUT2D eigenvalue weighted by molar-refractivity contribution is 5.78. The van der Waals surface area contributed by atoms with Gasteiger partial charge in [0.1, 0.15) is 5.75 Å². The summed E-state index contributed by atoms with van der Waals surface area (Å²) in [6.45, 7) is 18.3. The van der Waals surface area contributed by atoms with Crippen molar-refractivity contribution >= 4 is 11.9 Å². The van der Waals surface area contributed by atoms with Gasteiger partial charge in [0.15, 0.2) is 0 Å². The molecule has 0 aliphatic rings. The van der Waals surface area contributed by atoms with Crippen LogP contribution in [0.25, 0.3) is 0 Å². The SMILES string of the molecule is CC(C)COC(=O)C(C)(C)CCC(C)(C)Cc1ccccc1OC(=O)C(C)(C)C. The summed E-state index contributed by atoms with van der Waals surface area (Å²) in [6, 6.07) is 7.71. The maximum Gasteiger partial charge on any atom is 0.316 e. The van der Waals surface area contributed by atoms with Gasteiger partial charge in [0.05, 0.1) is 17.4 Å². The van der Waals surface area contributed by atoms with Gasteiger partial charge in [0.25, 0.3) is 0 Å². The molecule has 0 atom stereocenters. The number of esters is 2. The van der Waals surface area contributed by atoms with Crippen molar-refractivity contribution in [1.29, 1.82) is 0 Å². The molecule has 0 saturated carbocycles. The molecule has 0 fully saturated rings. The van der Waals surface area contributed by atoms with Crippen molar-refractivity contribution in [2.24, 2.45) is 22.2 Å². The average Bonchev–Trinajstić information content (AvgIpc) is 2.58. The molecule has 0 aromatic heterocycles. The standard InChI is InChI=1S/C25H40O4/c1-18(2)17-28-22(27)25(8,9)15-14-24(6,7)16-19-12-10-11-13-20(19)29-21(26)23(3,4)5/h10-13,18H,14-17H2,1-9H3. The second-order valence-electron chi connectivity index (χ2n) is 11.0. The van der Waals surface area contributed by atoms with Crippen LogP contribution in [-0.2, 0) is 20.7 Å². The summed E-state index contributed by atoms with van der Waals surface area (Å²) in [4.78, 5) is 24.8. The van der Waals surface area contributed by atoms with Crippen LogP contribution >= 0.6 is 0 Å². The first-order valence-corrected chi connectivity index (χ1v) is 10.6. The van der Waals surface area contributed by atoms with Crippen LogP contribution in [0.1, 0.15) is 80.7 Å². The lowest BCUT2D eigenvalue weighted by Gasteiger charge is -2.30. The predicted molar refractivity (Wildman–Crippen MR) is 118 cm³/mol. The molecule has 0 N–H and O–H groups in total. The minimum atomic E-state index is -0.553. The summed E-state index contributed by atoms with van der Waals surface area (Å²) in [5, 5.41) is 0. The zero-order valence-corrected chi connectivity index (χ0v) is 19.8. The summed E-state index contributed by atoms with van der Waals surface area (Å²) in [5.74, 6) is 0.577. The van der Waals surface area contributed by atoms with E-state index in [1.54, 1.807) is 0 Å². The second kappa shape index (κ2) is 9.77. The van der Waals surface area contributed by atoms with Gasteiger partial charge in [-0.2, -0.15) is 0 Å². The van der Waals surface area contributed by atoms with Gasteiger partial charge in [-0.1, -0.05) is 45.9 Å². The van der Waals surface area contributed by atoms with E-state index in [9.17, 15) is 9.59 Å². The largest absolute Gasteiger partial charge is 0.465 e. The Hall–Kier alpha value is -1.84. The Bertz CT molecular complexity index is 693. The highest BCUT2D eigenvalue weighted by atomic mass is 16.5. The molecule has 0 radical (unpaired) electrons. The number of hydrogen-bond acceptors (Lipinski definition) is 4. The molecule has 0 aliphatic carbocycles. The van der Waals surface area contributed by atoms with Crippen molar-refractivity contribution in [3.63, 3.8) is 0 Å². The fourth-order valence-electron chi connectivity index (χ4n) is 2.80. The van der Waals surface area contributed by atoms with Crippen LogP contribution in [0.2, 0.25) is 0 Å². The zero-order chi connectivity index (χ0) is 22.5. The smallest absolute Gasteiger partial charge is 0.316 e. The summed E-state index contributed by atoms with van der Waals surface area (Å²) in [6.07, 6.45) is 2.36. The van der Waals surface area contributed by atoms with Gasteiger partial charge in [-0.3, -0.25) is 9.59 Å². The van der Waals surface area contributed by atoms with E-state index in [1.807, 2.05) is 72.7 Å². The lowest BCUT2D eigenvalue weighted by atomic mass is 9.76. The average molecular weight is 405 g/mol. The van der Waals surface area contributed by atoms with Crippen LogP contribution in [0.4, 0.5) is 0 Å². The van der Waals surface area contributed by atoms with Crippen molar-refractivity contribution < 1.29 is 19.1 Å². The van der Waals surface area contributed by atoms with E-state index in [1.165, 1.54) is 0 Å². The molecule has 4 heteroatoms. The highest BCUT2D eigenvalue weighted by Crippen LogP contribution is 2.36. The summed E-state index contributed by atoms with van der Waals surface area (Å²) >= 11 is 0. The molecule has 1 rings (SSSR count). The fourth-order valence-corrected chi connectivity index (χ4v) is 2.80. The minimum absolute atomic E-state index is 0.0557. The molecule has 4 nitrogen and oxygen atoms in total. The Balaban J connectivity index is 2.80. The minimum Gasteiger partial charge on any atom is -0.465 e. The third kappa shape index (κ3) is 8.59. The number of rotatable bonds is 9. The van der Waals surface area contributed by atoms with Crippen molar-refractivity contribution in [3.8, 4) is 5.75 Å². The van der Waals surface area contributed by atoms with E-state index in [0.717, 1.165) is 24.8 Å². The molecule has 0 saturated heterocycles. The van der Waals surface area contributed by atoms with Gasteiger partial charge in [0, 0.05) is 0 Å². The summed E-state index contributed by atoms with van der Waals surface area (Å²) in [7, 11) is 0. The first-order valence-electron chi connectivity index (χ1n) is 10.6. The topological polar surface area (TPSA) is 52.6 Å². The first kappa shape index (κ1) is 25.2. The van der Waals surface area contributed by atoms with Crippen molar-refractivity contribution in [2.75, 3.05) is 6.61 Å². The molecule has 0 heterocycles. The summed E-state index contributed by atoms with van der Waals surface area (Å²) in [5.41, 5.74) is -0.122. The van der Waals surface area contributed by atoms with Gasteiger partial charge >= 0.3 is 11.9 Å². The fraction of sp³-hybridized carbons (Fsp3) is 0.680. The molecule has 0 spiro atoms. The molecule has 1 aromatic carbocycles. The number of ether oxygens (including phenoxy) is 2. The predicted octanol–water partition coefficient (Wildman–Crippen LogP) is 6.21. The number of benzene rings is 1. The quantitative estimate of drug-likeness (QED) is 0.362. The van der Waals surface area contributed by atoms with Crippen molar-refractivity contribution in [2.45, 2.75) is 81.6 Å². The molecule has 29 heavy (non-hydrogen) atoms. The molecule has 164 valence electrons. The Kier molecular flexibility index (Phi) is 8.49. The van der Waals surface area contributed by atoms with Gasteiger partial charge < -0.3 is 9.47 Å². The van der Waals surface area contributed by atoms with Gasteiger partial charge in [-0.25, -0.2) is 0 Å². The zero-order valence-electron chi connectivity index (χ0n) is 19.8. The Morgan fingerprint density at radius 1 is 0.897 bits per heavy atom. The maximum absolute atomic E-state index is 12.4. The third-order valence-electron chi connectivity index (χ3n) is 4.98. The Morgan fingerprint density at radius 2 is 1.48 bits per heavy atom. The normalized spacial score (nSPS) is 12.8. The Labute approximate surface area is 177 Å².